The molecule has 1 fully saturated rings. The molecule has 1 heterocycles. The molecular formula is C54H99N13O13. The maximum Gasteiger partial charge on any atom is 0.245 e. The Morgan fingerprint density at radius 3 is 1.61 bits per heavy atom. The van der Waals surface area contributed by atoms with Gasteiger partial charge >= 0.3 is 0 Å². The van der Waals surface area contributed by atoms with Crippen LogP contribution in [0.5, 0.6) is 0 Å². The molecule has 26 heteroatoms. The average Bonchev–Trinajstić information content (AvgIpc) is 3.37. The van der Waals surface area contributed by atoms with Crippen LogP contribution in [0.3, 0.4) is 0 Å². The van der Waals surface area contributed by atoms with Gasteiger partial charge in [-0.1, -0.05) is 54.4 Å². The predicted molar refractivity (Wildman–Crippen MR) is 300 cm³/mol. The van der Waals surface area contributed by atoms with Crippen LogP contribution in [-0.2, 0) is 52.7 Å². The number of hydrogen-bond acceptors (Lipinski definition) is 18. The van der Waals surface area contributed by atoms with Gasteiger partial charge in [-0.15, -0.1) is 0 Å². The molecule has 0 spiro atoms. The molecule has 0 aliphatic carbocycles. The molecule has 0 bridgehead atoms. The molecule has 458 valence electrons. The molecule has 0 saturated carbocycles. The van der Waals surface area contributed by atoms with Gasteiger partial charge in [0.2, 0.25) is 47.3 Å². The van der Waals surface area contributed by atoms with Crippen LogP contribution in [0.2, 0.25) is 0 Å². The van der Waals surface area contributed by atoms with Crippen LogP contribution in [0.4, 0.5) is 0 Å². The molecule has 0 unspecified atom stereocenters. The van der Waals surface area contributed by atoms with Gasteiger partial charge in [0.05, 0.1) is 18.2 Å². The number of carbonyl (C=O) groups excluding carboxylic acids is 11. The second-order valence-corrected chi connectivity index (χ2v) is 22.3. The molecule has 0 radical (unpaired) electrons. The first-order valence-corrected chi connectivity index (χ1v) is 28.5. The van der Waals surface area contributed by atoms with Gasteiger partial charge in [0.1, 0.15) is 42.0 Å². The Kier molecular flexibility index (Phi) is 34.7. The molecule has 0 aromatic carbocycles. The van der Waals surface area contributed by atoms with Crippen molar-refractivity contribution >= 4 is 64.6 Å². The van der Waals surface area contributed by atoms with E-state index in [0.717, 1.165) is 12.8 Å². The Morgan fingerprint density at radius 2 is 1.10 bits per heavy atom. The molecule has 1 aliphatic rings. The van der Waals surface area contributed by atoms with Crippen molar-refractivity contribution < 1.29 is 63.0 Å². The molecule has 0 aromatic rings. The van der Waals surface area contributed by atoms with Gasteiger partial charge in [-0.05, 0) is 116 Å². The number of hydrogen-bond donors (Lipinski definition) is 15. The van der Waals surface area contributed by atoms with E-state index in [-0.39, 0.29) is 95.8 Å². The molecule has 12 atom stereocenters. The zero-order chi connectivity index (χ0) is 60.8. The summed E-state index contributed by atoms with van der Waals surface area (Å²) in [7, 11) is 0. The number of nitrogens with two attached hydrogens (primary N) is 5. The summed E-state index contributed by atoms with van der Waals surface area (Å²) in [6, 6.07) is -10.0. The van der Waals surface area contributed by atoms with E-state index in [9.17, 15) is 63.0 Å². The van der Waals surface area contributed by atoms with Crippen LogP contribution in [0.25, 0.3) is 0 Å². The van der Waals surface area contributed by atoms with Gasteiger partial charge in [0, 0.05) is 50.0 Å². The van der Waals surface area contributed by atoms with Gasteiger partial charge in [0.15, 0.2) is 11.6 Å². The summed E-state index contributed by atoms with van der Waals surface area (Å²) in [5.41, 5.74) is 29.3. The summed E-state index contributed by atoms with van der Waals surface area (Å²) >= 11 is 0. The van der Waals surface area contributed by atoms with Crippen LogP contribution >= 0.6 is 0 Å². The Labute approximate surface area is 472 Å². The Balaban J connectivity index is 3.81. The quantitative estimate of drug-likeness (QED) is 0.0333. The molecule has 26 nitrogen and oxygen atoms in total. The summed E-state index contributed by atoms with van der Waals surface area (Å²) in [4.78, 5) is 153. The Morgan fingerprint density at radius 1 is 0.575 bits per heavy atom. The fourth-order valence-corrected chi connectivity index (χ4v) is 9.28. The first-order chi connectivity index (χ1) is 37.6. The molecule has 1 aliphatic heterocycles. The van der Waals surface area contributed by atoms with Crippen LogP contribution < -0.4 is 71.2 Å². The highest BCUT2D eigenvalue weighted by Gasteiger charge is 2.38. The summed E-state index contributed by atoms with van der Waals surface area (Å²) in [6.45, 7) is 12.8. The van der Waals surface area contributed by atoms with Crippen molar-refractivity contribution in [1.29, 1.82) is 0 Å². The van der Waals surface area contributed by atoms with Gasteiger partial charge < -0.3 is 81.4 Å². The van der Waals surface area contributed by atoms with E-state index in [0.29, 0.717) is 12.3 Å². The predicted octanol–water partition coefficient (Wildman–Crippen LogP) is -2.95. The van der Waals surface area contributed by atoms with Gasteiger partial charge in [0.25, 0.3) is 0 Å². The average molecular weight is 1140 g/mol. The van der Waals surface area contributed by atoms with Crippen molar-refractivity contribution in [1.82, 2.24) is 42.5 Å². The number of aliphatic hydroxyl groups is 2. The van der Waals surface area contributed by atoms with Crippen molar-refractivity contribution in [2.24, 2.45) is 64.2 Å². The largest absolute Gasteiger partial charge is 0.391 e. The summed E-state index contributed by atoms with van der Waals surface area (Å²) in [5, 5.41) is 42.2. The lowest BCUT2D eigenvalue weighted by atomic mass is 9.88. The maximum absolute atomic E-state index is 14.4. The summed E-state index contributed by atoms with van der Waals surface area (Å²) in [6.07, 6.45) is -2.08. The molecule has 8 amide bonds. The van der Waals surface area contributed by atoms with E-state index in [2.05, 4.69) is 56.4 Å². The zero-order valence-corrected chi connectivity index (χ0v) is 48.6. The van der Waals surface area contributed by atoms with E-state index in [4.69, 9.17) is 28.7 Å². The van der Waals surface area contributed by atoms with Crippen LogP contribution in [0, 0.1) is 35.5 Å². The SMILES string of the molecule is CC(C)CCCCC(=O)C[C@@H](CCN)C(=O)N[C@H](C(=O)C[C@@H](CCN)C(=O)N[C@H]1CCNC(=O)[C@H]([C@@H](C)O)NC(=O)[C@H](CCN)NC(=O)[C@H](CCN)NC(=O)[C@H](C(C)C)NC(=O)[C@@H](CC(C)C)CC(=O)[C@H](CCN)NC1=O)[C@@H](C)O. The molecule has 1 rings (SSSR count). The Bertz CT molecular complexity index is 2020. The number of ketones is 3. The number of amides is 8. The second kappa shape index (κ2) is 38.2. The van der Waals surface area contributed by atoms with E-state index >= 15 is 0 Å². The monoisotopic (exact) mass is 1140 g/mol. The van der Waals surface area contributed by atoms with Crippen molar-refractivity contribution in [2.45, 2.75) is 200 Å². The fraction of sp³-hybridized carbons (Fsp3) is 0.796. The standard InChI is InChI=1S/C54H99N13O13/c1-29(2)11-9-10-12-37(70)26-34(13-19-55)48(74)66-45(32(7)68)43(72)27-35(14-20-56)47(73)62-41-18-24-60-53(79)46(33(8)69)67-52(78)40(17-23-59)63-50(76)39(16-22-58)64-54(80)44(31(5)6)65-49(75)36(25-30(3)4)28-42(71)38(15-21-57)61-51(41)77/h29-36,38-41,44-46,68-69H,9-28,55-59H2,1-8H3,(H,60,79)(H,61,77)(H,62,73)(H,63,76)(H,64,80)(H,65,75)(H,66,74)(H,67,78)/t32-,33-,34-,35-,36+,38+,39+,40+,41+,44+,45+,46+/m1/s1. The minimum Gasteiger partial charge on any atom is -0.391 e. The van der Waals surface area contributed by atoms with Crippen molar-refractivity contribution in [3.8, 4) is 0 Å². The lowest BCUT2D eigenvalue weighted by molar-refractivity contribution is -0.137. The maximum atomic E-state index is 14.4. The first-order valence-electron chi connectivity index (χ1n) is 28.5. The van der Waals surface area contributed by atoms with E-state index < -0.39 is 163 Å². The molecule has 0 aromatic heterocycles. The smallest absolute Gasteiger partial charge is 0.245 e. The van der Waals surface area contributed by atoms with Crippen molar-refractivity contribution in [3.05, 3.63) is 0 Å². The fourth-order valence-electron chi connectivity index (χ4n) is 9.28. The topological polar surface area (TPSA) is 455 Å². The number of carbonyl (C=O) groups is 11. The minimum atomic E-state index is -1.66. The summed E-state index contributed by atoms with van der Waals surface area (Å²) in [5.74, 6) is -11.7. The highest BCUT2D eigenvalue weighted by atomic mass is 16.3. The van der Waals surface area contributed by atoms with Crippen LogP contribution in [0.15, 0.2) is 0 Å². The highest BCUT2D eigenvalue weighted by molar-refractivity contribution is 5.99. The second-order valence-electron chi connectivity index (χ2n) is 22.3. The first kappa shape index (κ1) is 72.5. The van der Waals surface area contributed by atoms with Crippen LogP contribution in [-0.4, -0.2) is 169 Å². The molecule has 80 heavy (non-hydrogen) atoms. The lowest BCUT2D eigenvalue weighted by Crippen LogP contribution is -2.60. The van der Waals surface area contributed by atoms with Gasteiger partial charge in [-0.25, -0.2) is 0 Å². The number of Topliss-reactive ketones (excluding diaryl/α,β-unsaturated/α-hetero) is 3. The highest BCUT2D eigenvalue weighted by Crippen LogP contribution is 2.21. The third-order valence-electron chi connectivity index (χ3n) is 13.9. The minimum absolute atomic E-state index is 0.0606. The number of aliphatic hydroxyl groups excluding tert-OH is 2. The molecule has 20 N–H and O–H groups in total. The number of nitrogens with one attached hydrogen (secondary N) is 8. The molecule has 1 saturated heterocycles. The lowest BCUT2D eigenvalue weighted by Gasteiger charge is -2.29. The van der Waals surface area contributed by atoms with Crippen LogP contribution in [0.1, 0.15) is 145 Å². The van der Waals surface area contributed by atoms with E-state index in [1.54, 1.807) is 13.8 Å². The van der Waals surface area contributed by atoms with E-state index in [1.165, 1.54) is 13.8 Å². The summed E-state index contributed by atoms with van der Waals surface area (Å²) < 4.78 is 0. The normalized spacial score (nSPS) is 23.6. The third-order valence-corrected chi connectivity index (χ3v) is 13.9. The third kappa shape index (κ3) is 26.4. The zero-order valence-electron chi connectivity index (χ0n) is 48.6. The van der Waals surface area contributed by atoms with E-state index in [1.807, 2.05) is 13.8 Å². The van der Waals surface area contributed by atoms with Gasteiger partial charge in [-0.3, -0.25) is 52.7 Å². The number of unbranched alkanes of at least 4 members (excludes halogenated alkanes) is 1. The number of rotatable bonds is 29. The van der Waals surface area contributed by atoms with Crippen molar-refractivity contribution in [2.75, 3.05) is 39.3 Å². The molecular weight excluding hydrogens is 1040 g/mol. The van der Waals surface area contributed by atoms with Gasteiger partial charge in [-0.2, -0.15) is 0 Å². The Hall–Kier alpha value is -5.51. The van der Waals surface area contributed by atoms with Crippen molar-refractivity contribution in [3.63, 3.8) is 0 Å².